The Morgan fingerprint density at radius 1 is 1.31 bits per heavy atom. The quantitative estimate of drug-likeness (QED) is 0.789. The van der Waals surface area contributed by atoms with Crippen molar-refractivity contribution in [2.75, 3.05) is 19.6 Å². The van der Waals surface area contributed by atoms with Crippen molar-refractivity contribution in [3.63, 3.8) is 0 Å². The highest BCUT2D eigenvalue weighted by atomic mass is 32.2. The number of hydrogen-bond donors (Lipinski definition) is 1. The monoisotopic (exact) mass is 380 g/mol. The number of amides is 1. The summed E-state index contributed by atoms with van der Waals surface area (Å²) < 4.78 is 33.7. The van der Waals surface area contributed by atoms with Crippen molar-refractivity contribution < 1.29 is 17.6 Å². The lowest BCUT2D eigenvalue weighted by molar-refractivity contribution is 0.0913. The number of carbonyl (C=O) groups is 1. The summed E-state index contributed by atoms with van der Waals surface area (Å²) in [6.45, 7) is 4.11. The first-order valence-corrected chi connectivity index (χ1v) is 10.3. The number of carbonyl (C=O) groups excluding carboxylic acids is 1. The zero-order chi connectivity index (χ0) is 18.6. The Labute approximate surface area is 153 Å². The van der Waals surface area contributed by atoms with Crippen molar-refractivity contribution in [3.05, 3.63) is 36.4 Å². The number of rotatable bonds is 7. The Morgan fingerprint density at radius 2 is 2.08 bits per heavy atom. The van der Waals surface area contributed by atoms with Crippen LogP contribution in [0.15, 0.2) is 40.1 Å². The molecule has 1 unspecified atom stereocenters. The summed E-state index contributed by atoms with van der Waals surface area (Å²) in [7, 11) is -3.67. The van der Waals surface area contributed by atoms with Gasteiger partial charge in [0.1, 0.15) is 0 Å². The van der Waals surface area contributed by atoms with Gasteiger partial charge in [-0.1, -0.05) is 13.3 Å². The number of hydrogen-bond acceptors (Lipinski definition) is 5. The molecule has 1 aliphatic heterocycles. The normalized spacial score (nSPS) is 17.1. The molecule has 1 N–H and O–H groups in total. The Morgan fingerprint density at radius 3 is 2.77 bits per heavy atom. The van der Waals surface area contributed by atoms with Gasteiger partial charge < -0.3 is 9.73 Å². The summed E-state index contributed by atoms with van der Waals surface area (Å²) in [5, 5.41) is 6.73. The van der Waals surface area contributed by atoms with Crippen LogP contribution in [0, 0.1) is 5.92 Å². The van der Waals surface area contributed by atoms with Crippen molar-refractivity contribution in [2.45, 2.75) is 37.8 Å². The highest BCUT2D eigenvalue weighted by molar-refractivity contribution is 7.89. The van der Waals surface area contributed by atoms with Crippen LogP contribution in [-0.2, 0) is 16.6 Å². The van der Waals surface area contributed by atoms with Crippen LogP contribution in [0.25, 0.3) is 0 Å². The molecule has 8 nitrogen and oxygen atoms in total. The van der Waals surface area contributed by atoms with Crippen molar-refractivity contribution in [3.8, 4) is 0 Å². The van der Waals surface area contributed by atoms with Crippen LogP contribution in [0.4, 0.5) is 0 Å². The molecule has 0 aromatic carbocycles. The summed E-state index contributed by atoms with van der Waals surface area (Å²) in [5.41, 5.74) is 0. The van der Waals surface area contributed by atoms with E-state index in [2.05, 4.69) is 10.4 Å². The zero-order valence-corrected chi connectivity index (χ0v) is 15.6. The van der Waals surface area contributed by atoms with E-state index in [-0.39, 0.29) is 16.8 Å². The Balaban J connectivity index is 1.57. The lowest BCUT2D eigenvalue weighted by Crippen LogP contribution is -2.35. The van der Waals surface area contributed by atoms with E-state index < -0.39 is 15.9 Å². The van der Waals surface area contributed by atoms with Gasteiger partial charge in [0, 0.05) is 38.6 Å². The average Bonchev–Trinajstić information content (AvgIpc) is 3.32. The fraction of sp³-hybridized carbons (Fsp3) is 0.529. The van der Waals surface area contributed by atoms with Gasteiger partial charge in [-0.2, -0.15) is 9.40 Å². The summed E-state index contributed by atoms with van der Waals surface area (Å²) in [6.07, 6.45) is 6.30. The number of aromatic nitrogens is 2. The highest BCUT2D eigenvalue weighted by Crippen LogP contribution is 2.22. The number of nitrogens with zero attached hydrogens (tertiary/aromatic N) is 3. The minimum atomic E-state index is -3.67. The molecule has 0 saturated carbocycles. The Bertz CT molecular complexity index is 823. The van der Waals surface area contributed by atoms with Crippen molar-refractivity contribution >= 4 is 15.9 Å². The molecule has 3 rings (SSSR count). The van der Waals surface area contributed by atoms with Crippen molar-refractivity contribution in [1.82, 2.24) is 19.4 Å². The molecule has 9 heteroatoms. The minimum Gasteiger partial charge on any atom is -0.438 e. The first-order valence-electron chi connectivity index (χ1n) is 8.82. The maximum absolute atomic E-state index is 12.6. The zero-order valence-electron chi connectivity index (χ0n) is 14.8. The lowest BCUT2D eigenvalue weighted by Gasteiger charge is -2.24. The molecule has 0 aliphatic carbocycles. The van der Waals surface area contributed by atoms with Gasteiger partial charge in [-0.15, -0.1) is 0 Å². The molecule has 1 fully saturated rings. The van der Waals surface area contributed by atoms with Crippen LogP contribution >= 0.6 is 0 Å². The fourth-order valence-electron chi connectivity index (χ4n) is 2.96. The van der Waals surface area contributed by atoms with Gasteiger partial charge in [-0.05, 0) is 37.0 Å². The summed E-state index contributed by atoms with van der Waals surface area (Å²) in [6, 6.07) is 4.61. The molecule has 2 aromatic rings. The maximum Gasteiger partial charge on any atom is 0.287 e. The van der Waals surface area contributed by atoms with Crippen LogP contribution in [0.2, 0.25) is 0 Å². The SMILES string of the molecule is CC(CNC(=O)c1ccc(S(=O)(=O)N2CCCCC2)o1)Cn1cccn1. The van der Waals surface area contributed by atoms with Crippen LogP contribution in [0.5, 0.6) is 0 Å². The Kier molecular flexibility index (Phi) is 5.77. The largest absolute Gasteiger partial charge is 0.438 e. The smallest absolute Gasteiger partial charge is 0.287 e. The molecule has 26 heavy (non-hydrogen) atoms. The number of nitrogens with one attached hydrogen (secondary N) is 1. The van der Waals surface area contributed by atoms with E-state index in [0.29, 0.717) is 26.2 Å². The Hall–Kier alpha value is -2.13. The van der Waals surface area contributed by atoms with Crippen molar-refractivity contribution in [2.24, 2.45) is 5.92 Å². The molecule has 1 atom stereocenters. The number of sulfonamides is 1. The third-order valence-electron chi connectivity index (χ3n) is 4.38. The molecule has 0 bridgehead atoms. The molecule has 142 valence electrons. The van der Waals surface area contributed by atoms with Gasteiger partial charge in [0.25, 0.3) is 15.9 Å². The molecular weight excluding hydrogens is 356 g/mol. The van der Waals surface area contributed by atoms with Crippen LogP contribution in [-0.4, -0.2) is 48.0 Å². The van der Waals surface area contributed by atoms with Gasteiger partial charge in [-0.25, -0.2) is 8.42 Å². The second-order valence-electron chi connectivity index (χ2n) is 6.63. The first kappa shape index (κ1) is 18.7. The van der Waals surface area contributed by atoms with Crippen LogP contribution in [0.3, 0.4) is 0 Å². The molecule has 3 heterocycles. The topological polar surface area (TPSA) is 97.4 Å². The standard InChI is InChI=1S/C17H24N4O4S/c1-14(13-20-9-5-8-19-20)12-18-17(22)15-6-7-16(25-15)26(23,24)21-10-3-2-4-11-21/h5-9,14H,2-4,10-13H2,1H3,(H,18,22). The van der Waals surface area contributed by atoms with E-state index >= 15 is 0 Å². The van der Waals surface area contributed by atoms with E-state index in [0.717, 1.165) is 19.3 Å². The molecule has 1 aliphatic rings. The van der Waals surface area contributed by atoms with Crippen molar-refractivity contribution in [1.29, 1.82) is 0 Å². The van der Waals surface area contributed by atoms with Gasteiger partial charge in [-0.3, -0.25) is 9.48 Å². The molecule has 0 spiro atoms. The molecule has 0 radical (unpaired) electrons. The van der Waals surface area contributed by atoms with Gasteiger partial charge in [0.15, 0.2) is 5.76 Å². The second kappa shape index (κ2) is 8.05. The van der Waals surface area contributed by atoms with Crippen LogP contribution in [0.1, 0.15) is 36.7 Å². The predicted octanol–water partition coefficient (Wildman–Crippen LogP) is 1.72. The number of piperidine rings is 1. The van der Waals surface area contributed by atoms with E-state index in [1.165, 1.54) is 16.4 Å². The fourth-order valence-corrected chi connectivity index (χ4v) is 4.39. The minimum absolute atomic E-state index is 0.00636. The molecule has 2 aromatic heterocycles. The lowest BCUT2D eigenvalue weighted by atomic mass is 10.2. The van der Waals surface area contributed by atoms with E-state index in [9.17, 15) is 13.2 Å². The van der Waals surface area contributed by atoms with E-state index in [4.69, 9.17) is 4.42 Å². The van der Waals surface area contributed by atoms with Gasteiger partial charge in [0.05, 0.1) is 0 Å². The molecule has 1 amide bonds. The summed E-state index contributed by atoms with van der Waals surface area (Å²) >= 11 is 0. The van der Waals surface area contributed by atoms with Gasteiger partial charge in [0.2, 0.25) is 5.09 Å². The molecule has 1 saturated heterocycles. The summed E-state index contributed by atoms with van der Waals surface area (Å²) in [5.74, 6) is -0.241. The highest BCUT2D eigenvalue weighted by Gasteiger charge is 2.29. The first-order chi connectivity index (χ1) is 12.5. The van der Waals surface area contributed by atoms with E-state index in [1.54, 1.807) is 10.9 Å². The predicted molar refractivity (Wildman–Crippen MR) is 95.0 cm³/mol. The van der Waals surface area contributed by atoms with Gasteiger partial charge >= 0.3 is 0 Å². The van der Waals surface area contributed by atoms with Crippen LogP contribution < -0.4 is 5.32 Å². The van der Waals surface area contributed by atoms with E-state index in [1.807, 2.05) is 19.2 Å². The third-order valence-corrected chi connectivity index (χ3v) is 6.16. The molecular formula is C17H24N4O4S. The third kappa shape index (κ3) is 4.34. The summed E-state index contributed by atoms with van der Waals surface area (Å²) in [4.78, 5) is 12.2. The second-order valence-corrected chi connectivity index (χ2v) is 8.50. The average molecular weight is 380 g/mol. The number of furan rings is 1. The maximum atomic E-state index is 12.6.